The molecule has 0 spiro atoms. The summed E-state index contributed by atoms with van der Waals surface area (Å²) in [6.07, 6.45) is 1.22. The Morgan fingerprint density at radius 1 is 1.05 bits per heavy atom. The molecule has 1 saturated heterocycles. The van der Waals surface area contributed by atoms with Crippen LogP contribution in [0.5, 0.6) is 0 Å². The van der Waals surface area contributed by atoms with Gasteiger partial charge in [0.25, 0.3) is 0 Å². The van der Waals surface area contributed by atoms with Crippen LogP contribution in [-0.2, 0) is 4.74 Å². The molecule has 1 N–H and O–H groups in total. The lowest BCUT2D eigenvalue weighted by Gasteiger charge is -2.36. The SMILES string of the molecule is Clc1ccc([C@@H]2Nc3ccccc3C3OCCC32)cc1Cl. The lowest BCUT2D eigenvalue weighted by atomic mass is 9.81. The Labute approximate surface area is 134 Å². The largest absolute Gasteiger partial charge is 0.378 e. The van der Waals surface area contributed by atoms with Crippen molar-refractivity contribution in [3.05, 3.63) is 63.6 Å². The molecule has 2 nitrogen and oxygen atoms in total. The molecular formula is C17H15Cl2NO. The lowest BCUT2D eigenvalue weighted by molar-refractivity contribution is 0.0829. The van der Waals surface area contributed by atoms with Gasteiger partial charge in [0.05, 0.1) is 22.2 Å². The van der Waals surface area contributed by atoms with Gasteiger partial charge >= 0.3 is 0 Å². The predicted molar refractivity (Wildman–Crippen MR) is 86.1 cm³/mol. The molecule has 2 unspecified atom stereocenters. The highest BCUT2D eigenvalue weighted by Crippen LogP contribution is 2.50. The van der Waals surface area contributed by atoms with Crippen LogP contribution in [0.25, 0.3) is 0 Å². The number of ether oxygens (including phenoxy) is 1. The number of hydrogen-bond acceptors (Lipinski definition) is 2. The molecule has 0 saturated carbocycles. The van der Waals surface area contributed by atoms with Crippen LogP contribution in [0, 0.1) is 5.92 Å². The van der Waals surface area contributed by atoms with E-state index in [4.69, 9.17) is 27.9 Å². The first-order chi connectivity index (χ1) is 10.2. The lowest BCUT2D eigenvalue weighted by Crippen LogP contribution is -2.29. The molecule has 2 aromatic rings. The maximum absolute atomic E-state index is 6.19. The average Bonchev–Trinajstić information content (AvgIpc) is 2.99. The Hall–Kier alpha value is -1.22. The zero-order valence-electron chi connectivity index (χ0n) is 11.4. The van der Waals surface area contributed by atoms with E-state index in [1.165, 1.54) is 11.1 Å². The van der Waals surface area contributed by atoms with E-state index in [1.807, 2.05) is 18.2 Å². The minimum absolute atomic E-state index is 0.168. The van der Waals surface area contributed by atoms with Crippen molar-refractivity contribution < 1.29 is 4.74 Å². The number of fused-ring (bicyclic) bond motifs is 3. The molecule has 108 valence electrons. The second kappa shape index (κ2) is 5.20. The van der Waals surface area contributed by atoms with Gasteiger partial charge in [-0.05, 0) is 30.2 Å². The molecule has 2 heterocycles. The van der Waals surface area contributed by atoms with Gasteiger partial charge in [-0.2, -0.15) is 0 Å². The van der Waals surface area contributed by atoms with Crippen molar-refractivity contribution in [3.63, 3.8) is 0 Å². The molecule has 0 aliphatic carbocycles. The molecule has 4 heteroatoms. The van der Waals surface area contributed by atoms with Gasteiger partial charge in [0.1, 0.15) is 0 Å². The summed E-state index contributed by atoms with van der Waals surface area (Å²) < 4.78 is 5.99. The number of hydrogen-bond donors (Lipinski definition) is 1. The van der Waals surface area contributed by atoms with Crippen LogP contribution < -0.4 is 5.32 Å². The summed E-state index contributed by atoms with van der Waals surface area (Å²) in [6, 6.07) is 14.5. The van der Waals surface area contributed by atoms with Gasteiger partial charge in [-0.3, -0.25) is 0 Å². The Kier molecular flexibility index (Phi) is 3.33. The van der Waals surface area contributed by atoms with Gasteiger partial charge in [0.15, 0.2) is 0 Å². The van der Waals surface area contributed by atoms with E-state index in [1.54, 1.807) is 0 Å². The minimum Gasteiger partial charge on any atom is -0.378 e. The zero-order chi connectivity index (χ0) is 14.4. The summed E-state index contributed by atoms with van der Waals surface area (Å²) >= 11 is 12.2. The highest BCUT2D eigenvalue weighted by atomic mass is 35.5. The maximum Gasteiger partial charge on any atom is 0.0896 e. The molecule has 0 aromatic heterocycles. The molecular weight excluding hydrogens is 305 g/mol. The van der Waals surface area contributed by atoms with Crippen LogP contribution in [0.3, 0.4) is 0 Å². The third-order valence-electron chi connectivity index (χ3n) is 4.45. The van der Waals surface area contributed by atoms with Gasteiger partial charge in [-0.25, -0.2) is 0 Å². The van der Waals surface area contributed by atoms with E-state index >= 15 is 0 Å². The van der Waals surface area contributed by atoms with Crippen molar-refractivity contribution in [2.75, 3.05) is 11.9 Å². The van der Waals surface area contributed by atoms with Crippen molar-refractivity contribution in [2.24, 2.45) is 5.92 Å². The first-order valence-corrected chi connectivity index (χ1v) is 7.91. The highest BCUT2D eigenvalue weighted by molar-refractivity contribution is 6.42. The fraction of sp³-hybridized carbons (Fsp3) is 0.294. The number of benzene rings is 2. The zero-order valence-corrected chi connectivity index (χ0v) is 12.9. The summed E-state index contributed by atoms with van der Waals surface area (Å²) in [5.41, 5.74) is 3.58. The molecule has 21 heavy (non-hydrogen) atoms. The Morgan fingerprint density at radius 3 is 2.76 bits per heavy atom. The number of nitrogens with one attached hydrogen (secondary N) is 1. The Bertz CT molecular complexity index is 688. The van der Waals surface area contributed by atoms with Crippen molar-refractivity contribution >= 4 is 28.9 Å². The molecule has 0 radical (unpaired) electrons. The van der Waals surface area contributed by atoms with E-state index < -0.39 is 0 Å². The topological polar surface area (TPSA) is 21.3 Å². The Morgan fingerprint density at radius 2 is 1.90 bits per heavy atom. The smallest absolute Gasteiger partial charge is 0.0896 e. The quantitative estimate of drug-likeness (QED) is 0.776. The first-order valence-electron chi connectivity index (χ1n) is 7.16. The van der Waals surface area contributed by atoms with Crippen LogP contribution in [0.2, 0.25) is 10.0 Å². The van der Waals surface area contributed by atoms with Gasteiger partial charge in [0, 0.05) is 23.8 Å². The monoisotopic (exact) mass is 319 g/mol. The maximum atomic E-state index is 6.19. The van der Waals surface area contributed by atoms with Gasteiger partial charge in [-0.15, -0.1) is 0 Å². The third-order valence-corrected chi connectivity index (χ3v) is 5.19. The van der Waals surface area contributed by atoms with Gasteiger partial charge in [0.2, 0.25) is 0 Å². The summed E-state index contributed by atoms with van der Waals surface area (Å²) in [5, 5.41) is 4.85. The van der Waals surface area contributed by atoms with Gasteiger partial charge in [-0.1, -0.05) is 47.5 Å². The van der Waals surface area contributed by atoms with Gasteiger partial charge < -0.3 is 10.1 Å². The molecule has 2 aromatic carbocycles. The summed E-state index contributed by atoms with van der Waals surface area (Å²) in [6.45, 7) is 0.809. The fourth-order valence-corrected chi connectivity index (χ4v) is 3.76. The summed E-state index contributed by atoms with van der Waals surface area (Å²) in [4.78, 5) is 0. The predicted octanol–water partition coefficient (Wildman–Crippen LogP) is 5.24. The normalized spacial score (nSPS) is 26.9. The van der Waals surface area contributed by atoms with E-state index in [9.17, 15) is 0 Å². The minimum atomic E-state index is 0.168. The van der Waals surface area contributed by atoms with Crippen molar-refractivity contribution in [2.45, 2.75) is 18.6 Å². The number of anilines is 1. The van der Waals surface area contributed by atoms with E-state index in [-0.39, 0.29) is 12.1 Å². The molecule has 4 rings (SSSR count). The highest BCUT2D eigenvalue weighted by Gasteiger charge is 2.41. The molecule has 2 aliphatic rings. The number of para-hydroxylation sites is 1. The van der Waals surface area contributed by atoms with Crippen LogP contribution in [0.4, 0.5) is 5.69 Å². The van der Waals surface area contributed by atoms with E-state index in [0.29, 0.717) is 16.0 Å². The molecule has 0 bridgehead atoms. The van der Waals surface area contributed by atoms with Crippen molar-refractivity contribution in [1.82, 2.24) is 0 Å². The molecule has 0 amide bonds. The average molecular weight is 320 g/mol. The van der Waals surface area contributed by atoms with E-state index in [2.05, 4.69) is 29.6 Å². The molecule has 1 fully saturated rings. The Balaban J connectivity index is 1.78. The summed E-state index contributed by atoms with van der Waals surface area (Å²) in [5.74, 6) is 0.428. The molecule has 2 aliphatic heterocycles. The second-order valence-corrected chi connectivity index (χ2v) is 6.44. The standard InChI is InChI=1S/C17H15Cl2NO/c18-13-6-5-10(9-14(13)19)16-12-7-8-21-17(12)11-3-1-2-4-15(11)20-16/h1-6,9,12,16-17,20H,7-8H2/t12?,16-,17?/m0/s1. The van der Waals surface area contributed by atoms with Crippen LogP contribution >= 0.6 is 23.2 Å². The molecule has 3 atom stereocenters. The van der Waals surface area contributed by atoms with Crippen molar-refractivity contribution in [1.29, 1.82) is 0 Å². The number of halogens is 2. The van der Waals surface area contributed by atoms with E-state index in [0.717, 1.165) is 18.7 Å². The summed E-state index contributed by atoms with van der Waals surface area (Å²) in [7, 11) is 0. The fourth-order valence-electron chi connectivity index (χ4n) is 3.46. The van der Waals surface area contributed by atoms with Crippen LogP contribution in [-0.4, -0.2) is 6.61 Å². The van der Waals surface area contributed by atoms with Crippen LogP contribution in [0.15, 0.2) is 42.5 Å². The van der Waals surface area contributed by atoms with Crippen LogP contribution in [0.1, 0.15) is 29.7 Å². The van der Waals surface area contributed by atoms with Crippen molar-refractivity contribution in [3.8, 4) is 0 Å². The first kappa shape index (κ1) is 13.4. The number of rotatable bonds is 1. The third kappa shape index (κ3) is 2.22. The second-order valence-electron chi connectivity index (χ2n) is 5.63.